The number of aliphatic hydroxyl groups excluding tert-OH is 1. The number of nitrogens with zero attached hydrogens (tertiary/aromatic N) is 1. The molecule has 1 aliphatic carbocycles. The molecule has 0 radical (unpaired) electrons. The summed E-state index contributed by atoms with van der Waals surface area (Å²) in [5.41, 5.74) is 1.21. The molecule has 0 aliphatic heterocycles. The first kappa shape index (κ1) is 13.6. The van der Waals surface area contributed by atoms with E-state index in [2.05, 4.69) is 13.8 Å². The summed E-state index contributed by atoms with van der Waals surface area (Å²) in [7, 11) is 0. The van der Waals surface area contributed by atoms with E-state index in [1.54, 1.807) is 11.3 Å². The molecule has 1 aliphatic rings. The average Bonchev–Trinajstić information content (AvgIpc) is 2.66. The van der Waals surface area contributed by atoms with Crippen molar-refractivity contribution in [1.82, 2.24) is 4.90 Å². The number of aryl methyl sites for hydroxylation is 2. The van der Waals surface area contributed by atoms with Crippen LogP contribution >= 0.6 is 11.3 Å². The van der Waals surface area contributed by atoms with Crippen molar-refractivity contribution < 1.29 is 9.90 Å². The molecule has 100 valence electrons. The first-order valence-corrected chi connectivity index (χ1v) is 7.50. The fourth-order valence-corrected chi connectivity index (χ4v) is 3.44. The molecule has 2 rings (SSSR count). The van der Waals surface area contributed by atoms with Gasteiger partial charge in [-0.3, -0.25) is 4.79 Å². The number of aliphatic hydroxyl groups is 1. The summed E-state index contributed by atoms with van der Waals surface area (Å²) in [6.45, 7) is 4.69. The first-order chi connectivity index (χ1) is 8.67. The van der Waals surface area contributed by atoms with Crippen LogP contribution in [-0.2, 0) is 6.42 Å². The monoisotopic (exact) mass is 267 g/mol. The standard InChI is InChI=1S/C14H21NO2S/c1-3-12-10(2)9-13(18-12)14(17)15(7-8-16)11-5-4-6-11/h9,11,16H,3-8H2,1-2H3. The van der Waals surface area contributed by atoms with Crippen LogP contribution in [0.1, 0.15) is 46.3 Å². The van der Waals surface area contributed by atoms with Gasteiger partial charge in [-0.1, -0.05) is 6.92 Å². The molecule has 0 saturated heterocycles. The summed E-state index contributed by atoms with van der Waals surface area (Å²) < 4.78 is 0. The topological polar surface area (TPSA) is 40.5 Å². The molecule has 18 heavy (non-hydrogen) atoms. The Hall–Kier alpha value is -0.870. The van der Waals surface area contributed by atoms with Crippen molar-refractivity contribution in [3.05, 3.63) is 21.4 Å². The summed E-state index contributed by atoms with van der Waals surface area (Å²) in [6.07, 6.45) is 4.34. The molecule has 1 saturated carbocycles. The number of hydrogen-bond donors (Lipinski definition) is 1. The van der Waals surface area contributed by atoms with Crippen LogP contribution < -0.4 is 0 Å². The molecule has 0 spiro atoms. The second kappa shape index (κ2) is 5.85. The van der Waals surface area contributed by atoms with Crippen LogP contribution in [0.5, 0.6) is 0 Å². The van der Waals surface area contributed by atoms with Crippen LogP contribution in [0.3, 0.4) is 0 Å². The molecule has 1 heterocycles. The molecule has 3 nitrogen and oxygen atoms in total. The van der Waals surface area contributed by atoms with Crippen LogP contribution in [0.15, 0.2) is 6.07 Å². The predicted molar refractivity (Wildman–Crippen MR) is 74.2 cm³/mol. The van der Waals surface area contributed by atoms with E-state index < -0.39 is 0 Å². The zero-order chi connectivity index (χ0) is 13.1. The summed E-state index contributed by atoms with van der Waals surface area (Å²) in [4.78, 5) is 16.4. The normalized spacial score (nSPS) is 15.5. The lowest BCUT2D eigenvalue weighted by Gasteiger charge is -2.37. The van der Waals surface area contributed by atoms with E-state index in [1.807, 2.05) is 11.0 Å². The molecule has 1 fully saturated rings. The molecule has 4 heteroatoms. The average molecular weight is 267 g/mol. The molecule has 0 unspecified atom stereocenters. The van der Waals surface area contributed by atoms with E-state index in [1.165, 1.54) is 16.9 Å². The van der Waals surface area contributed by atoms with E-state index in [0.717, 1.165) is 24.1 Å². The van der Waals surface area contributed by atoms with E-state index in [9.17, 15) is 4.79 Å². The number of thiophene rings is 1. The molecular formula is C14H21NO2S. The highest BCUT2D eigenvalue weighted by molar-refractivity contribution is 7.14. The van der Waals surface area contributed by atoms with Gasteiger partial charge in [0.1, 0.15) is 0 Å². The number of rotatable bonds is 5. The fraction of sp³-hybridized carbons (Fsp3) is 0.643. The largest absolute Gasteiger partial charge is 0.395 e. The van der Waals surface area contributed by atoms with Crippen molar-refractivity contribution in [2.75, 3.05) is 13.2 Å². The fourth-order valence-electron chi connectivity index (χ4n) is 2.37. The van der Waals surface area contributed by atoms with Gasteiger partial charge in [0.25, 0.3) is 5.91 Å². The number of carbonyl (C=O) groups excluding carboxylic acids is 1. The van der Waals surface area contributed by atoms with E-state index in [4.69, 9.17) is 5.11 Å². The number of hydrogen-bond acceptors (Lipinski definition) is 3. The van der Waals surface area contributed by atoms with Gasteiger partial charge in [-0.15, -0.1) is 11.3 Å². The van der Waals surface area contributed by atoms with Gasteiger partial charge in [0.15, 0.2) is 0 Å². The minimum Gasteiger partial charge on any atom is -0.395 e. The van der Waals surface area contributed by atoms with Crippen LogP contribution in [-0.4, -0.2) is 35.1 Å². The van der Waals surface area contributed by atoms with Gasteiger partial charge in [0, 0.05) is 17.5 Å². The van der Waals surface area contributed by atoms with E-state index in [-0.39, 0.29) is 12.5 Å². The second-order valence-electron chi connectivity index (χ2n) is 4.88. The lowest BCUT2D eigenvalue weighted by atomic mass is 9.91. The summed E-state index contributed by atoms with van der Waals surface area (Å²) >= 11 is 1.60. The number of carbonyl (C=O) groups is 1. The number of amides is 1. The SMILES string of the molecule is CCc1sc(C(=O)N(CCO)C2CCC2)cc1C. The van der Waals surface area contributed by atoms with E-state index >= 15 is 0 Å². The van der Waals surface area contributed by atoms with Crippen LogP contribution in [0.25, 0.3) is 0 Å². The van der Waals surface area contributed by atoms with Gasteiger partial charge in [0.2, 0.25) is 0 Å². The first-order valence-electron chi connectivity index (χ1n) is 6.68. The second-order valence-corrected chi connectivity index (χ2v) is 6.01. The Bertz CT molecular complexity index is 423. The third kappa shape index (κ3) is 2.59. The zero-order valence-electron chi connectivity index (χ0n) is 11.1. The molecule has 0 bridgehead atoms. The third-order valence-corrected chi connectivity index (χ3v) is 5.04. The van der Waals surface area contributed by atoms with Crippen molar-refractivity contribution in [3.8, 4) is 0 Å². The predicted octanol–water partition coefficient (Wildman–Crippen LogP) is 2.61. The maximum Gasteiger partial charge on any atom is 0.264 e. The Balaban J connectivity index is 2.15. The lowest BCUT2D eigenvalue weighted by Crippen LogP contribution is -2.45. The van der Waals surface area contributed by atoms with Gasteiger partial charge in [-0.05, 0) is 44.2 Å². The smallest absolute Gasteiger partial charge is 0.264 e. The van der Waals surface area contributed by atoms with Crippen molar-refractivity contribution in [2.45, 2.75) is 45.6 Å². The van der Waals surface area contributed by atoms with Crippen molar-refractivity contribution in [1.29, 1.82) is 0 Å². The highest BCUT2D eigenvalue weighted by atomic mass is 32.1. The quantitative estimate of drug-likeness (QED) is 0.891. The minimum absolute atomic E-state index is 0.0488. The summed E-state index contributed by atoms with van der Waals surface area (Å²) in [6, 6.07) is 2.34. The van der Waals surface area contributed by atoms with E-state index in [0.29, 0.717) is 12.6 Å². The van der Waals surface area contributed by atoms with Crippen LogP contribution in [0.2, 0.25) is 0 Å². The maximum absolute atomic E-state index is 12.5. The van der Waals surface area contributed by atoms with Gasteiger partial charge in [-0.2, -0.15) is 0 Å². The molecule has 1 aromatic heterocycles. The molecule has 0 aromatic carbocycles. The summed E-state index contributed by atoms with van der Waals surface area (Å²) in [5, 5.41) is 9.12. The highest BCUT2D eigenvalue weighted by Gasteiger charge is 2.29. The van der Waals surface area contributed by atoms with Gasteiger partial charge in [0.05, 0.1) is 11.5 Å². The molecular weight excluding hydrogens is 246 g/mol. The lowest BCUT2D eigenvalue weighted by molar-refractivity contribution is 0.0530. The van der Waals surface area contributed by atoms with Crippen LogP contribution in [0.4, 0.5) is 0 Å². The Morgan fingerprint density at radius 1 is 1.56 bits per heavy atom. The van der Waals surface area contributed by atoms with Crippen LogP contribution in [0, 0.1) is 6.92 Å². The maximum atomic E-state index is 12.5. The molecule has 0 atom stereocenters. The van der Waals surface area contributed by atoms with Crippen molar-refractivity contribution in [2.24, 2.45) is 0 Å². The molecule has 1 amide bonds. The molecule has 1 aromatic rings. The minimum atomic E-state index is 0.0488. The van der Waals surface area contributed by atoms with Crippen molar-refractivity contribution >= 4 is 17.2 Å². The van der Waals surface area contributed by atoms with Gasteiger partial charge >= 0.3 is 0 Å². The summed E-state index contributed by atoms with van der Waals surface area (Å²) in [5.74, 6) is 0.0987. The zero-order valence-corrected chi connectivity index (χ0v) is 11.9. The molecule has 1 N–H and O–H groups in total. The Kier molecular flexibility index (Phi) is 4.40. The van der Waals surface area contributed by atoms with Gasteiger partial charge < -0.3 is 10.0 Å². The Labute approximate surface area is 112 Å². The Morgan fingerprint density at radius 2 is 2.28 bits per heavy atom. The van der Waals surface area contributed by atoms with Gasteiger partial charge in [-0.25, -0.2) is 0 Å². The highest BCUT2D eigenvalue weighted by Crippen LogP contribution is 2.29. The third-order valence-electron chi connectivity index (χ3n) is 3.67. The van der Waals surface area contributed by atoms with Crippen molar-refractivity contribution in [3.63, 3.8) is 0 Å². The Morgan fingerprint density at radius 3 is 2.72 bits per heavy atom.